The van der Waals surface area contributed by atoms with Crippen molar-refractivity contribution in [3.63, 3.8) is 0 Å². The highest BCUT2D eigenvalue weighted by Gasteiger charge is 2.64. The molecule has 0 amide bonds. The summed E-state index contributed by atoms with van der Waals surface area (Å²) in [6, 6.07) is 0. The molecule has 4 rings (SSSR count). The first-order chi connectivity index (χ1) is 12.7. The second-order valence-corrected chi connectivity index (χ2v) is 9.94. The van der Waals surface area contributed by atoms with E-state index in [1.54, 1.807) is 0 Å². The van der Waals surface area contributed by atoms with E-state index in [4.69, 9.17) is 4.74 Å². The third kappa shape index (κ3) is 2.59. The van der Waals surface area contributed by atoms with Gasteiger partial charge in [-0.15, -0.1) is 0 Å². The first-order valence-corrected chi connectivity index (χ1v) is 10.5. The van der Waals surface area contributed by atoms with Gasteiger partial charge in [0, 0.05) is 18.3 Å². The van der Waals surface area contributed by atoms with Crippen LogP contribution in [0.2, 0.25) is 0 Å². The Bertz CT molecular complexity index is 709. The summed E-state index contributed by atoms with van der Waals surface area (Å²) in [7, 11) is 0. The molecule has 0 aromatic carbocycles. The Morgan fingerprint density at radius 1 is 1.33 bits per heavy atom. The van der Waals surface area contributed by atoms with E-state index in [0.29, 0.717) is 43.0 Å². The molecule has 4 heteroatoms. The van der Waals surface area contributed by atoms with Crippen molar-refractivity contribution in [2.24, 2.45) is 34.5 Å². The molecule has 0 aromatic rings. The molecule has 4 nitrogen and oxygen atoms in total. The lowest BCUT2D eigenvalue weighted by Gasteiger charge is -2.60. The monoisotopic (exact) mass is 372 g/mol. The fourth-order valence-electron chi connectivity index (χ4n) is 7.47. The van der Waals surface area contributed by atoms with Crippen molar-refractivity contribution < 1.29 is 19.4 Å². The minimum atomic E-state index is -0.771. The third-order valence-electron chi connectivity index (χ3n) is 8.79. The van der Waals surface area contributed by atoms with Gasteiger partial charge >= 0.3 is 0 Å². The Balaban J connectivity index is 1.69. The maximum Gasteiger partial charge on any atom is 0.293 e. The number of rotatable bonds is 4. The van der Waals surface area contributed by atoms with Gasteiger partial charge in [0.05, 0.1) is 12.2 Å². The number of hydrogen-bond acceptors (Lipinski definition) is 4. The average molecular weight is 373 g/mol. The van der Waals surface area contributed by atoms with Crippen LogP contribution in [0.3, 0.4) is 0 Å². The molecule has 2 fully saturated rings. The van der Waals surface area contributed by atoms with Crippen LogP contribution in [0, 0.1) is 34.5 Å². The summed E-state index contributed by atoms with van der Waals surface area (Å²) in [5.41, 5.74) is 0.345. The van der Waals surface area contributed by atoms with E-state index in [1.165, 1.54) is 5.57 Å². The van der Waals surface area contributed by atoms with Crippen molar-refractivity contribution in [1.82, 2.24) is 0 Å². The normalized spacial score (nSPS) is 48.3. The van der Waals surface area contributed by atoms with Crippen LogP contribution in [0.1, 0.15) is 59.3 Å². The topological polar surface area (TPSA) is 63.6 Å². The van der Waals surface area contributed by atoms with Gasteiger partial charge in [0.25, 0.3) is 6.47 Å². The SMILES string of the molecule is CC1CC2(C)C(CC[C@@]2(O)CCOC=O)C2C=CC3=CC(=O)CCC3(C)C12. The van der Waals surface area contributed by atoms with Gasteiger partial charge in [-0.1, -0.05) is 32.9 Å². The van der Waals surface area contributed by atoms with Gasteiger partial charge in [-0.05, 0) is 66.4 Å². The summed E-state index contributed by atoms with van der Waals surface area (Å²) < 4.78 is 4.92. The molecule has 0 heterocycles. The van der Waals surface area contributed by atoms with Gasteiger partial charge in [-0.25, -0.2) is 0 Å². The van der Waals surface area contributed by atoms with Crippen molar-refractivity contribution in [3.05, 3.63) is 23.8 Å². The lowest BCUT2D eigenvalue weighted by atomic mass is 9.45. The first kappa shape index (κ1) is 18.9. The fourth-order valence-corrected chi connectivity index (χ4v) is 7.47. The van der Waals surface area contributed by atoms with E-state index < -0.39 is 5.60 Å². The van der Waals surface area contributed by atoms with Gasteiger partial charge < -0.3 is 9.84 Å². The predicted molar refractivity (Wildman–Crippen MR) is 103 cm³/mol. The minimum absolute atomic E-state index is 0.0649. The summed E-state index contributed by atoms with van der Waals surface area (Å²) in [6.07, 6.45) is 11.3. The van der Waals surface area contributed by atoms with Crippen molar-refractivity contribution >= 4 is 12.3 Å². The van der Waals surface area contributed by atoms with Gasteiger partial charge in [-0.3, -0.25) is 9.59 Å². The molecule has 6 unspecified atom stereocenters. The van der Waals surface area contributed by atoms with Crippen LogP contribution in [0.4, 0.5) is 0 Å². The number of aliphatic hydroxyl groups is 1. The zero-order valence-corrected chi connectivity index (χ0v) is 16.7. The van der Waals surface area contributed by atoms with Crippen molar-refractivity contribution in [2.75, 3.05) is 6.61 Å². The Kier molecular flexibility index (Phi) is 4.41. The molecular formula is C23H32O4. The summed E-state index contributed by atoms with van der Waals surface area (Å²) in [4.78, 5) is 22.5. The molecule has 1 N–H and O–H groups in total. The fraction of sp³-hybridized carbons (Fsp3) is 0.739. The highest BCUT2D eigenvalue weighted by atomic mass is 16.5. The molecule has 0 radical (unpaired) electrons. The molecule has 0 aliphatic heterocycles. The lowest BCUT2D eigenvalue weighted by molar-refractivity contribution is -0.146. The predicted octanol–water partition coefficient (Wildman–Crippen LogP) is 3.83. The second kappa shape index (κ2) is 6.30. The van der Waals surface area contributed by atoms with Crippen LogP contribution in [0.25, 0.3) is 0 Å². The zero-order chi connectivity index (χ0) is 19.4. The molecule has 0 aromatic heterocycles. The molecule has 4 aliphatic carbocycles. The van der Waals surface area contributed by atoms with Gasteiger partial charge in [0.2, 0.25) is 0 Å². The van der Waals surface area contributed by atoms with Crippen LogP contribution in [0.15, 0.2) is 23.8 Å². The molecule has 0 saturated heterocycles. The molecule has 2 saturated carbocycles. The summed E-state index contributed by atoms with van der Waals surface area (Å²) in [6.45, 7) is 7.70. The number of carbonyl (C=O) groups excluding carboxylic acids is 2. The largest absolute Gasteiger partial charge is 0.468 e. The van der Waals surface area contributed by atoms with Crippen LogP contribution in [-0.2, 0) is 14.3 Å². The summed E-state index contributed by atoms with van der Waals surface area (Å²) >= 11 is 0. The van der Waals surface area contributed by atoms with E-state index >= 15 is 0 Å². The molecule has 4 aliphatic rings. The smallest absolute Gasteiger partial charge is 0.293 e. The van der Waals surface area contributed by atoms with Gasteiger partial charge in [-0.2, -0.15) is 0 Å². The highest BCUT2D eigenvalue weighted by Crippen LogP contribution is 2.68. The van der Waals surface area contributed by atoms with Gasteiger partial charge in [0.1, 0.15) is 0 Å². The Hall–Kier alpha value is -1.42. The Morgan fingerprint density at radius 3 is 2.85 bits per heavy atom. The van der Waals surface area contributed by atoms with E-state index in [-0.39, 0.29) is 23.2 Å². The molecule has 7 atom stereocenters. The number of carbonyl (C=O) groups is 2. The average Bonchev–Trinajstić information content (AvgIpc) is 2.86. The van der Waals surface area contributed by atoms with E-state index in [0.717, 1.165) is 25.7 Å². The van der Waals surface area contributed by atoms with E-state index in [9.17, 15) is 14.7 Å². The van der Waals surface area contributed by atoms with Gasteiger partial charge in [0.15, 0.2) is 5.78 Å². The Morgan fingerprint density at radius 2 is 2.11 bits per heavy atom. The molecule has 148 valence electrons. The van der Waals surface area contributed by atoms with E-state index in [2.05, 4.69) is 32.9 Å². The van der Waals surface area contributed by atoms with E-state index in [1.807, 2.05) is 6.08 Å². The molecule has 27 heavy (non-hydrogen) atoms. The van der Waals surface area contributed by atoms with Crippen molar-refractivity contribution in [3.8, 4) is 0 Å². The highest BCUT2D eigenvalue weighted by molar-refractivity contribution is 5.92. The number of allylic oxidation sites excluding steroid dienone is 4. The summed E-state index contributed by atoms with van der Waals surface area (Å²) in [5, 5.41) is 11.5. The lowest BCUT2D eigenvalue weighted by Crippen LogP contribution is -2.56. The number of ether oxygens (including phenoxy) is 1. The Labute approximate surface area is 162 Å². The molecule has 0 bridgehead atoms. The number of ketones is 1. The maximum atomic E-state index is 12.0. The maximum absolute atomic E-state index is 12.0. The van der Waals surface area contributed by atoms with Crippen molar-refractivity contribution in [2.45, 2.75) is 64.9 Å². The first-order valence-electron chi connectivity index (χ1n) is 10.5. The van der Waals surface area contributed by atoms with Crippen LogP contribution >= 0.6 is 0 Å². The third-order valence-corrected chi connectivity index (χ3v) is 8.79. The number of fused-ring (bicyclic) bond motifs is 5. The van der Waals surface area contributed by atoms with Crippen LogP contribution in [0.5, 0.6) is 0 Å². The summed E-state index contributed by atoms with van der Waals surface area (Å²) in [5.74, 6) is 2.12. The van der Waals surface area contributed by atoms with Crippen LogP contribution in [-0.4, -0.2) is 29.6 Å². The van der Waals surface area contributed by atoms with Crippen LogP contribution < -0.4 is 0 Å². The number of hydrogen-bond donors (Lipinski definition) is 1. The molecular weight excluding hydrogens is 340 g/mol. The second-order valence-electron chi connectivity index (χ2n) is 9.94. The van der Waals surface area contributed by atoms with Crippen molar-refractivity contribution in [1.29, 1.82) is 0 Å². The zero-order valence-electron chi connectivity index (χ0n) is 16.7. The standard InChI is InChI=1S/C23H32O4/c1-15-13-22(3)19(7-9-23(22,26)10-11-27-14-24)18-5-4-16-12-17(25)6-8-21(16,2)20(15)18/h4-5,12,14-15,18-20,26H,6-11,13H2,1-3H3/t15?,18?,19?,20?,21?,22?,23-/m1/s1. The quantitative estimate of drug-likeness (QED) is 0.602. The minimum Gasteiger partial charge on any atom is -0.468 e. The molecule has 0 spiro atoms.